The molecule has 0 radical (unpaired) electrons. The Morgan fingerprint density at radius 2 is 2.05 bits per heavy atom. The second-order valence-corrected chi connectivity index (χ2v) is 6.30. The van der Waals surface area contributed by atoms with Crippen molar-refractivity contribution in [1.82, 2.24) is 9.97 Å². The predicted molar refractivity (Wildman–Crippen MR) is 85.8 cm³/mol. The van der Waals surface area contributed by atoms with Crippen LogP contribution in [-0.2, 0) is 4.74 Å². The number of aromatic nitrogens is 2. The third-order valence-electron chi connectivity index (χ3n) is 3.73. The van der Waals surface area contributed by atoms with E-state index in [-0.39, 0.29) is 5.92 Å². The van der Waals surface area contributed by atoms with Gasteiger partial charge in [0, 0.05) is 26.0 Å². The molecule has 0 saturated heterocycles. The molecule has 4 nitrogen and oxygen atoms in total. The molecule has 0 bridgehead atoms. The molecule has 106 valence electrons. The number of halogens is 1. The minimum absolute atomic E-state index is 0.231. The molecule has 0 spiro atoms. The standard InChI is InChI=1S/C14H22IN3O/c1-9(8-19-3)13-17-12(10-6-4-5-7-10)11(15)14(16-2)18-13/h9-10H,4-8H2,1-3H3,(H,16,17,18). The number of rotatable bonds is 5. The molecule has 1 aliphatic carbocycles. The summed E-state index contributed by atoms with van der Waals surface area (Å²) in [5, 5.41) is 3.20. The fourth-order valence-electron chi connectivity index (χ4n) is 2.66. The maximum absolute atomic E-state index is 5.22. The summed E-state index contributed by atoms with van der Waals surface area (Å²) in [5.74, 6) is 2.69. The second kappa shape index (κ2) is 6.83. The molecule has 1 unspecified atom stereocenters. The van der Waals surface area contributed by atoms with Crippen LogP contribution < -0.4 is 5.32 Å². The van der Waals surface area contributed by atoms with Gasteiger partial charge in [0.1, 0.15) is 11.6 Å². The van der Waals surface area contributed by atoms with Crippen molar-refractivity contribution in [1.29, 1.82) is 0 Å². The van der Waals surface area contributed by atoms with Gasteiger partial charge in [0.05, 0.1) is 15.9 Å². The monoisotopic (exact) mass is 375 g/mol. The van der Waals surface area contributed by atoms with E-state index in [1.54, 1.807) is 7.11 Å². The largest absolute Gasteiger partial charge is 0.384 e. The van der Waals surface area contributed by atoms with E-state index in [0.717, 1.165) is 11.6 Å². The first-order chi connectivity index (χ1) is 9.17. The summed E-state index contributed by atoms with van der Waals surface area (Å²) in [6.45, 7) is 2.78. The van der Waals surface area contributed by atoms with E-state index in [2.05, 4.69) is 39.8 Å². The zero-order valence-electron chi connectivity index (χ0n) is 11.9. The van der Waals surface area contributed by atoms with E-state index >= 15 is 0 Å². The van der Waals surface area contributed by atoms with Gasteiger partial charge >= 0.3 is 0 Å². The zero-order valence-corrected chi connectivity index (χ0v) is 14.0. The lowest BCUT2D eigenvalue weighted by atomic mass is 10.0. The second-order valence-electron chi connectivity index (χ2n) is 5.22. The molecule has 1 fully saturated rings. The number of methoxy groups -OCH3 is 1. The highest BCUT2D eigenvalue weighted by Gasteiger charge is 2.24. The van der Waals surface area contributed by atoms with Crippen LogP contribution >= 0.6 is 22.6 Å². The highest BCUT2D eigenvalue weighted by molar-refractivity contribution is 14.1. The van der Waals surface area contributed by atoms with Gasteiger partial charge in [-0.1, -0.05) is 19.8 Å². The number of ether oxygens (including phenoxy) is 1. The number of anilines is 1. The summed E-state index contributed by atoms with van der Waals surface area (Å²) in [5.41, 5.74) is 1.23. The lowest BCUT2D eigenvalue weighted by Gasteiger charge is -2.17. The van der Waals surface area contributed by atoms with Crippen LogP contribution in [0.3, 0.4) is 0 Å². The smallest absolute Gasteiger partial charge is 0.143 e. The Labute approximate surface area is 128 Å². The summed E-state index contributed by atoms with van der Waals surface area (Å²) in [4.78, 5) is 9.47. The highest BCUT2D eigenvalue weighted by atomic mass is 127. The first-order valence-corrected chi connectivity index (χ1v) is 7.99. The van der Waals surface area contributed by atoms with Gasteiger partial charge in [0.25, 0.3) is 0 Å². The summed E-state index contributed by atoms with van der Waals surface area (Å²) in [7, 11) is 3.65. The average Bonchev–Trinajstić information content (AvgIpc) is 2.93. The summed E-state index contributed by atoms with van der Waals surface area (Å²) >= 11 is 2.37. The third-order valence-corrected chi connectivity index (χ3v) is 4.79. The Morgan fingerprint density at radius 1 is 1.37 bits per heavy atom. The van der Waals surface area contributed by atoms with Crippen LogP contribution in [0.4, 0.5) is 5.82 Å². The Balaban J connectivity index is 2.37. The Kier molecular flexibility index (Phi) is 5.38. The quantitative estimate of drug-likeness (QED) is 0.800. The lowest BCUT2D eigenvalue weighted by Crippen LogP contribution is -2.14. The first-order valence-electron chi connectivity index (χ1n) is 6.91. The van der Waals surface area contributed by atoms with Crippen molar-refractivity contribution in [2.75, 3.05) is 26.1 Å². The molecule has 0 aromatic carbocycles. The molecule has 1 aliphatic rings. The fraction of sp³-hybridized carbons (Fsp3) is 0.714. The molecule has 1 aromatic heterocycles. The minimum atomic E-state index is 0.231. The summed E-state index contributed by atoms with van der Waals surface area (Å²) in [6.07, 6.45) is 5.16. The topological polar surface area (TPSA) is 47.0 Å². The first kappa shape index (κ1) is 15.0. The van der Waals surface area contributed by atoms with Crippen molar-refractivity contribution in [3.63, 3.8) is 0 Å². The van der Waals surface area contributed by atoms with Crippen molar-refractivity contribution in [2.24, 2.45) is 0 Å². The van der Waals surface area contributed by atoms with E-state index in [1.165, 1.54) is 34.9 Å². The SMILES string of the molecule is CNc1nc(C(C)COC)nc(C2CCCC2)c1I. The number of nitrogens with zero attached hydrogens (tertiary/aromatic N) is 2. The minimum Gasteiger partial charge on any atom is -0.384 e. The van der Waals surface area contributed by atoms with Crippen molar-refractivity contribution in [3.8, 4) is 0 Å². The number of hydrogen-bond donors (Lipinski definition) is 1. The molecule has 1 N–H and O–H groups in total. The van der Waals surface area contributed by atoms with E-state index in [9.17, 15) is 0 Å². The van der Waals surface area contributed by atoms with Gasteiger partial charge in [-0.3, -0.25) is 0 Å². The molecule has 1 aromatic rings. The molecule has 5 heteroatoms. The van der Waals surface area contributed by atoms with Crippen LogP contribution in [0.25, 0.3) is 0 Å². The summed E-state index contributed by atoms with van der Waals surface area (Å²) in [6, 6.07) is 0. The zero-order chi connectivity index (χ0) is 13.8. The van der Waals surface area contributed by atoms with Crippen LogP contribution in [0.5, 0.6) is 0 Å². The van der Waals surface area contributed by atoms with Crippen LogP contribution in [0.2, 0.25) is 0 Å². The van der Waals surface area contributed by atoms with Crippen molar-refractivity contribution < 1.29 is 4.74 Å². The Hall–Kier alpha value is -0.430. The molecule has 1 saturated carbocycles. The molecule has 1 heterocycles. The lowest BCUT2D eigenvalue weighted by molar-refractivity contribution is 0.181. The average molecular weight is 375 g/mol. The number of hydrogen-bond acceptors (Lipinski definition) is 4. The van der Waals surface area contributed by atoms with Gasteiger partial charge in [0.2, 0.25) is 0 Å². The van der Waals surface area contributed by atoms with Gasteiger partial charge in [0.15, 0.2) is 0 Å². The summed E-state index contributed by atoms with van der Waals surface area (Å²) < 4.78 is 6.41. The normalized spacial score (nSPS) is 17.7. The highest BCUT2D eigenvalue weighted by Crippen LogP contribution is 2.37. The third kappa shape index (κ3) is 3.37. The van der Waals surface area contributed by atoms with E-state index in [1.807, 2.05) is 7.05 Å². The van der Waals surface area contributed by atoms with Gasteiger partial charge in [-0.05, 0) is 35.4 Å². The maximum Gasteiger partial charge on any atom is 0.143 e. The molecular formula is C14H22IN3O. The van der Waals surface area contributed by atoms with Crippen molar-refractivity contribution in [2.45, 2.75) is 44.4 Å². The van der Waals surface area contributed by atoms with Crippen molar-refractivity contribution in [3.05, 3.63) is 15.1 Å². The molecule has 19 heavy (non-hydrogen) atoms. The van der Waals surface area contributed by atoms with Crippen LogP contribution in [0, 0.1) is 3.57 Å². The predicted octanol–water partition coefficient (Wildman–Crippen LogP) is 3.53. The molecule has 2 rings (SSSR count). The van der Waals surface area contributed by atoms with Gasteiger partial charge in [-0.2, -0.15) is 0 Å². The maximum atomic E-state index is 5.22. The van der Waals surface area contributed by atoms with E-state index < -0.39 is 0 Å². The van der Waals surface area contributed by atoms with Gasteiger partial charge in [-0.25, -0.2) is 9.97 Å². The Bertz CT molecular complexity index is 433. The van der Waals surface area contributed by atoms with Crippen molar-refractivity contribution >= 4 is 28.4 Å². The van der Waals surface area contributed by atoms with Crippen LogP contribution in [0.15, 0.2) is 0 Å². The molecule has 0 aliphatic heterocycles. The Morgan fingerprint density at radius 3 is 2.63 bits per heavy atom. The van der Waals surface area contributed by atoms with E-state index in [0.29, 0.717) is 12.5 Å². The van der Waals surface area contributed by atoms with Crippen LogP contribution in [0.1, 0.15) is 56.0 Å². The molecule has 1 atom stereocenters. The number of nitrogens with one attached hydrogen (secondary N) is 1. The molecular weight excluding hydrogens is 353 g/mol. The molecule has 0 amide bonds. The van der Waals surface area contributed by atoms with Gasteiger partial charge in [-0.15, -0.1) is 0 Å². The van der Waals surface area contributed by atoms with Crippen LogP contribution in [-0.4, -0.2) is 30.7 Å². The fourth-order valence-corrected chi connectivity index (χ4v) is 3.61. The van der Waals surface area contributed by atoms with E-state index in [4.69, 9.17) is 9.72 Å². The van der Waals surface area contributed by atoms with Gasteiger partial charge < -0.3 is 10.1 Å².